The van der Waals surface area contributed by atoms with Gasteiger partial charge in [0.25, 0.3) is 0 Å². The van der Waals surface area contributed by atoms with Gasteiger partial charge in [-0.15, -0.1) is 0 Å². The average molecular weight is 405 g/mol. The zero-order chi connectivity index (χ0) is 19.5. The monoisotopic (exact) mass is 404 g/mol. The molecule has 1 aliphatic rings. The Bertz CT molecular complexity index is 864. The minimum atomic E-state index is -4.08. The largest absolute Gasteiger partial charge is 0.305 e. The topological polar surface area (TPSA) is 123 Å². The summed E-state index contributed by atoms with van der Waals surface area (Å²) in [5.74, 6) is -1.00. The van der Waals surface area contributed by atoms with Crippen LogP contribution in [0.5, 0.6) is 0 Å². The lowest BCUT2D eigenvalue weighted by Crippen LogP contribution is -2.24. The van der Waals surface area contributed by atoms with Crippen LogP contribution < -0.4 is 4.72 Å². The number of sulfone groups is 1. The highest BCUT2D eigenvalue weighted by molar-refractivity contribution is 7.92. The van der Waals surface area contributed by atoms with Gasteiger partial charge >= 0.3 is 5.88 Å². The number of nitro groups is 1. The lowest BCUT2D eigenvalue weighted by molar-refractivity contribution is -0.458. The molecule has 0 unspecified atom stereocenters. The molecule has 26 heavy (non-hydrogen) atoms. The van der Waals surface area contributed by atoms with Crippen LogP contribution in [0.1, 0.15) is 43.2 Å². The van der Waals surface area contributed by atoms with E-state index in [9.17, 15) is 26.9 Å². The summed E-state index contributed by atoms with van der Waals surface area (Å²) >= 11 is 0. The predicted octanol–water partition coefficient (Wildman–Crippen LogP) is 2.63. The maximum atomic E-state index is 12.4. The molecule has 0 saturated heterocycles. The quantitative estimate of drug-likeness (QED) is 0.550. The van der Waals surface area contributed by atoms with Crippen molar-refractivity contribution in [2.75, 3.05) is 16.4 Å². The summed E-state index contributed by atoms with van der Waals surface area (Å²) in [6.07, 6.45) is 5.03. The van der Waals surface area contributed by atoms with Gasteiger partial charge in [-0.25, -0.2) is 16.8 Å². The molecule has 8 nitrogen and oxygen atoms in total. The van der Waals surface area contributed by atoms with Gasteiger partial charge in [0.1, 0.15) is 0 Å². The molecule has 0 spiro atoms. The summed E-state index contributed by atoms with van der Waals surface area (Å²) in [5.41, 5.74) is 0.834. The first-order chi connectivity index (χ1) is 12.0. The molecule has 2 rings (SSSR count). The third kappa shape index (κ3) is 5.41. The number of benzene rings is 1. The van der Waals surface area contributed by atoms with E-state index in [1.54, 1.807) is 0 Å². The average Bonchev–Trinajstić information content (AvgIpc) is 2.44. The molecule has 0 radical (unpaired) electrons. The second-order valence-corrected chi connectivity index (χ2v) is 10.6. The van der Waals surface area contributed by atoms with Crippen molar-refractivity contribution in [3.05, 3.63) is 33.4 Å². The Morgan fingerprint density at radius 1 is 1.08 bits per heavy atom. The molecule has 0 atom stereocenters. The van der Waals surface area contributed by atoms with Crippen molar-refractivity contribution in [2.45, 2.75) is 50.8 Å². The van der Waals surface area contributed by atoms with Crippen LogP contribution in [0.4, 0.5) is 5.69 Å². The highest BCUT2D eigenvalue weighted by Crippen LogP contribution is 2.28. The SMILES string of the molecule is Cc1cc(NS(=O)(=O)CC2CCCCC2)cc(C)c1S(=O)(=O)C[N+](=O)[O-]. The number of rotatable bonds is 7. The number of anilines is 1. The summed E-state index contributed by atoms with van der Waals surface area (Å²) < 4.78 is 51.6. The molecule has 0 heterocycles. The third-order valence-electron chi connectivity index (χ3n) is 4.50. The van der Waals surface area contributed by atoms with Crippen LogP contribution >= 0.6 is 0 Å². The highest BCUT2D eigenvalue weighted by atomic mass is 32.2. The second kappa shape index (κ2) is 7.91. The molecule has 1 saturated carbocycles. The minimum absolute atomic E-state index is 0.0481. The van der Waals surface area contributed by atoms with Crippen LogP contribution in [0.25, 0.3) is 0 Å². The number of aryl methyl sites for hydroxylation is 2. The lowest BCUT2D eigenvalue weighted by atomic mass is 9.91. The van der Waals surface area contributed by atoms with Crippen molar-refractivity contribution >= 4 is 25.5 Å². The van der Waals surface area contributed by atoms with E-state index >= 15 is 0 Å². The van der Waals surface area contributed by atoms with E-state index in [1.807, 2.05) is 0 Å². The van der Waals surface area contributed by atoms with Crippen LogP contribution in [-0.2, 0) is 19.9 Å². The van der Waals surface area contributed by atoms with Gasteiger partial charge in [0.05, 0.1) is 10.6 Å². The van der Waals surface area contributed by atoms with Gasteiger partial charge in [-0.2, -0.15) is 0 Å². The van der Waals surface area contributed by atoms with Crippen LogP contribution in [-0.4, -0.2) is 33.4 Å². The van der Waals surface area contributed by atoms with E-state index < -0.39 is 30.7 Å². The standard InChI is InChI=1S/C16H24N2O6S2/c1-12-8-15(9-13(2)16(12)25(21,22)11-18(19)20)17-26(23,24)10-14-6-4-3-5-7-14/h8-9,14,17H,3-7,10-11H2,1-2H3. The molecular formula is C16H24N2O6S2. The van der Waals surface area contributed by atoms with Crippen LogP contribution in [0.15, 0.2) is 17.0 Å². The summed E-state index contributed by atoms with van der Waals surface area (Å²) in [5, 5.41) is 10.6. The molecule has 1 aromatic rings. The van der Waals surface area contributed by atoms with Crippen molar-refractivity contribution in [1.29, 1.82) is 0 Å². The molecule has 0 aromatic heterocycles. The molecule has 146 valence electrons. The minimum Gasteiger partial charge on any atom is -0.284 e. The van der Waals surface area contributed by atoms with Crippen molar-refractivity contribution in [2.24, 2.45) is 5.92 Å². The van der Waals surface area contributed by atoms with Gasteiger partial charge in [0.2, 0.25) is 19.9 Å². The van der Waals surface area contributed by atoms with Crippen molar-refractivity contribution in [1.82, 2.24) is 0 Å². The molecule has 0 amide bonds. The number of nitrogens with zero attached hydrogens (tertiary/aromatic N) is 1. The van der Waals surface area contributed by atoms with E-state index in [4.69, 9.17) is 0 Å². The zero-order valence-corrected chi connectivity index (χ0v) is 16.5. The van der Waals surface area contributed by atoms with Crippen molar-refractivity contribution in [3.63, 3.8) is 0 Å². The van der Waals surface area contributed by atoms with Gasteiger partial charge in [0.15, 0.2) is 0 Å². The van der Waals surface area contributed by atoms with Crippen LogP contribution in [0.2, 0.25) is 0 Å². The van der Waals surface area contributed by atoms with Crippen molar-refractivity contribution < 1.29 is 21.8 Å². The Kier molecular flexibility index (Phi) is 6.28. The van der Waals surface area contributed by atoms with E-state index in [1.165, 1.54) is 26.0 Å². The van der Waals surface area contributed by atoms with Crippen LogP contribution in [0.3, 0.4) is 0 Å². The Morgan fingerprint density at radius 2 is 1.62 bits per heavy atom. The maximum Gasteiger partial charge on any atom is 0.305 e. The fourth-order valence-corrected chi connectivity index (χ4v) is 6.61. The molecule has 1 fully saturated rings. The van der Waals surface area contributed by atoms with Gasteiger partial charge in [-0.3, -0.25) is 14.8 Å². The summed E-state index contributed by atoms with van der Waals surface area (Å²) in [4.78, 5) is 9.57. The van der Waals surface area contributed by atoms with E-state index in [2.05, 4.69) is 4.72 Å². The van der Waals surface area contributed by atoms with E-state index in [0.29, 0.717) is 0 Å². The summed E-state index contributed by atoms with van der Waals surface area (Å²) in [6.45, 7) is 3.00. The maximum absolute atomic E-state index is 12.4. The first-order valence-corrected chi connectivity index (χ1v) is 11.8. The first kappa shape index (κ1) is 20.6. The second-order valence-electron chi connectivity index (χ2n) is 6.90. The molecule has 0 aliphatic heterocycles. The van der Waals surface area contributed by atoms with Gasteiger partial charge < -0.3 is 0 Å². The first-order valence-electron chi connectivity index (χ1n) is 8.46. The number of nitrogens with one attached hydrogen (secondary N) is 1. The number of sulfonamides is 1. The molecule has 1 aliphatic carbocycles. The number of hydrogen-bond donors (Lipinski definition) is 1. The van der Waals surface area contributed by atoms with Gasteiger partial charge in [-0.05, 0) is 55.9 Å². The summed E-state index contributed by atoms with van der Waals surface area (Å²) in [7, 11) is -7.62. The van der Waals surface area contributed by atoms with Crippen LogP contribution in [0, 0.1) is 29.9 Å². The highest BCUT2D eigenvalue weighted by Gasteiger charge is 2.27. The Morgan fingerprint density at radius 3 is 2.12 bits per heavy atom. The molecule has 0 bridgehead atoms. The Hall–Kier alpha value is -1.68. The molecular weight excluding hydrogens is 380 g/mol. The molecule has 10 heteroatoms. The van der Waals surface area contributed by atoms with Gasteiger partial charge in [-0.1, -0.05) is 19.3 Å². The molecule has 1 aromatic carbocycles. The number of hydrogen-bond acceptors (Lipinski definition) is 6. The van der Waals surface area contributed by atoms with Crippen molar-refractivity contribution in [3.8, 4) is 0 Å². The smallest absolute Gasteiger partial charge is 0.284 e. The Labute approximate surface area is 154 Å². The fourth-order valence-electron chi connectivity index (χ4n) is 3.59. The third-order valence-corrected chi connectivity index (χ3v) is 7.77. The Balaban J connectivity index is 2.22. The molecule has 1 N–H and O–H groups in total. The normalized spacial score (nSPS) is 16.4. The fraction of sp³-hybridized carbons (Fsp3) is 0.625. The van der Waals surface area contributed by atoms with E-state index in [0.717, 1.165) is 32.1 Å². The van der Waals surface area contributed by atoms with E-state index in [-0.39, 0.29) is 33.4 Å². The zero-order valence-electron chi connectivity index (χ0n) is 14.9. The summed E-state index contributed by atoms with van der Waals surface area (Å²) in [6, 6.07) is 2.80. The predicted molar refractivity (Wildman–Crippen MR) is 98.9 cm³/mol. The lowest BCUT2D eigenvalue weighted by Gasteiger charge is -2.22. The van der Waals surface area contributed by atoms with Gasteiger partial charge in [0, 0.05) is 10.6 Å².